The Hall–Kier alpha value is -0.743. The summed E-state index contributed by atoms with van der Waals surface area (Å²) in [6.07, 6.45) is -0.224. The molecule has 0 radical (unpaired) electrons. The van der Waals surface area contributed by atoms with Crippen LogP contribution >= 0.6 is 0 Å². The van der Waals surface area contributed by atoms with E-state index in [9.17, 15) is 8.78 Å². The van der Waals surface area contributed by atoms with Gasteiger partial charge in [0.25, 0.3) is 0 Å². The molecule has 1 aromatic carbocycles. The van der Waals surface area contributed by atoms with E-state index in [0.29, 0.717) is 6.61 Å². The van der Waals surface area contributed by atoms with Gasteiger partial charge in [-0.2, -0.15) is 0 Å². The summed E-state index contributed by atoms with van der Waals surface area (Å²) >= 11 is 0. The van der Waals surface area contributed by atoms with Crippen LogP contribution in [0, 0.1) is 0 Å². The average molecular weight is 242 g/mol. The molecule has 2 atom stereocenters. The third-order valence-corrected chi connectivity index (χ3v) is 6.19. The van der Waals surface area contributed by atoms with Crippen molar-refractivity contribution in [2.45, 2.75) is 30.9 Å². The molecule has 16 heavy (non-hydrogen) atoms. The maximum absolute atomic E-state index is 13.1. The quantitative estimate of drug-likeness (QED) is 0.740. The Morgan fingerprint density at radius 1 is 1.12 bits per heavy atom. The molecule has 1 aliphatic heterocycles. The second kappa shape index (κ2) is 5.55. The average Bonchev–Trinajstić information content (AvgIpc) is 2.31. The molecule has 1 saturated heterocycles. The smallest absolute Gasteiger partial charge is 0.245 e. The predicted molar refractivity (Wildman–Crippen MR) is 62.3 cm³/mol. The lowest BCUT2D eigenvalue weighted by atomic mass is 10.1. The normalized spacial score (nSPS) is 23.3. The molecular formula is C12H16F2OSi. The van der Waals surface area contributed by atoms with E-state index >= 15 is 0 Å². The van der Waals surface area contributed by atoms with E-state index in [4.69, 9.17) is 4.43 Å². The Bertz CT molecular complexity index is 312. The highest BCUT2D eigenvalue weighted by atomic mass is 28.3. The SMILES string of the molecule is FC(F)C(c1ccccc1)[SiH]1CCCCO1. The molecule has 0 aliphatic carbocycles. The molecule has 1 aliphatic rings. The van der Waals surface area contributed by atoms with E-state index in [2.05, 4.69) is 0 Å². The molecule has 2 rings (SSSR count). The molecule has 0 bridgehead atoms. The molecule has 1 aromatic rings. The van der Waals surface area contributed by atoms with Gasteiger partial charge in [-0.15, -0.1) is 0 Å². The Kier molecular flexibility index (Phi) is 4.07. The Morgan fingerprint density at radius 3 is 2.44 bits per heavy atom. The van der Waals surface area contributed by atoms with E-state index in [0.717, 1.165) is 24.4 Å². The Balaban J connectivity index is 2.16. The summed E-state index contributed by atoms with van der Waals surface area (Å²) in [5, 5.41) is 0. The summed E-state index contributed by atoms with van der Waals surface area (Å²) in [5.41, 5.74) is 0.109. The minimum absolute atomic E-state index is 0.638. The third kappa shape index (κ3) is 2.68. The number of alkyl halides is 2. The van der Waals surface area contributed by atoms with Gasteiger partial charge in [-0.05, 0) is 18.0 Å². The van der Waals surface area contributed by atoms with Crippen LogP contribution in [0.15, 0.2) is 30.3 Å². The molecule has 0 saturated carbocycles. The second-order valence-corrected chi connectivity index (χ2v) is 6.88. The fourth-order valence-corrected chi connectivity index (χ4v) is 5.12. The van der Waals surface area contributed by atoms with Crippen molar-refractivity contribution in [3.8, 4) is 0 Å². The van der Waals surface area contributed by atoms with Crippen molar-refractivity contribution in [2.75, 3.05) is 6.61 Å². The standard InChI is InChI=1S/C12H16F2OSi/c13-12(14)11(10-6-2-1-3-7-10)16-9-5-4-8-15-16/h1-3,6-7,11-12,16H,4-5,8-9H2. The van der Waals surface area contributed by atoms with E-state index < -0.39 is 21.0 Å². The van der Waals surface area contributed by atoms with Gasteiger partial charge in [-0.25, -0.2) is 8.78 Å². The van der Waals surface area contributed by atoms with Crippen LogP contribution in [0.4, 0.5) is 8.78 Å². The van der Waals surface area contributed by atoms with Gasteiger partial charge < -0.3 is 4.43 Å². The van der Waals surface area contributed by atoms with Gasteiger partial charge in [0.05, 0.1) is 5.54 Å². The van der Waals surface area contributed by atoms with Crippen LogP contribution in [0.1, 0.15) is 23.9 Å². The molecule has 1 fully saturated rings. The van der Waals surface area contributed by atoms with Crippen molar-refractivity contribution in [1.82, 2.24) is 0 Å². The molecule has 0 aromatic heterocycles. The van der Waals surface area contributed by atoms with Gasteiger partial charge in [-0.3, -0.25) is 0 Å². The summed E-state index contributed by atoms with van der Waals surface area (Å²) in [4.78, 5) is 0. The zero-order chi connectivity index (χ0) is 11.4. The van der Waals surface area contributed by atoms with Crippen LogP contribution in [0.2, 0.25) is 6.04 Å². The largest absolute Gasteiger partial charge is 0.419 e. The van der Waals surface area contributed by atoms with Gasteiger partial charge in [0.15, 0.2) is 9.04 Å². The van der Waals surface area contributed by atoms with Crippen molar-refractivity contribution < 1.29 is 13.2 Å². The number of benzene rings is 1. The first-order valence-electron chi connectivity index (χ1n) is 5.74. The lowest BCUT2D eigenvalue weighted by molar-refractivity contribution is 0.128. The number of halogens is 2. The molecule has 0 spiro atoms. The second-order valence-electron chi connectivity index (χ2n) is 4.18. The molecule has 0 amide bonds. The number of hydrogen-bond donors (Lipinski definition) is 0. The van der Waals surface area contributed by atoms with E-state index in [1.807, 2.05) is 18.2 Å². The highest BCUT2D eigenvalue weighted by molar-refractivity contribution is 6.54. The lowest BCUT2D eigenvalue weighted by Crippen LogP contribution is -2.35. The fourth-order valence-electron chi connectivity index (χ4n) is 2.25. The predicted octanol–water partition coefficient (Wildman–Crippen LogP) is 3.11. The molecule has 1 nitrogen and oxygen atoms in total. The summed E-state index contributed by atoms with van der Waals surface area (Å²) in [6, 6.07) is 9.96. The lowest BCUT2D eigenvalue weighted by Gasteiger charge is -2.28. The third-order valence-electron chi connectivity index (χ3n) is 3.07. The van der Waals surface area contributed by atoms with E-state index in [1.165, 1.54) is 0 Å². The van der Waals surface area contributed by atoms with Crippen LogP contribution < -0.4 is 0 Å². The molecule has 2 unspecified atom stereocenters. The molecular weight excluding hydrogens is 226 g/mol. The van der Waals surface area contributed by atoms with Crippen molar-refractivity contribution >= 4 is 9.04 Å². The fraction of sp³-hybridized carbons (Fsp3) is 0.500. The summed E-state index contributed by atoms with van der Waals surface area (Å²) < 4.78 is 31.9. The highest BCUT2D eigenvalue weighted by Crippen LogP contribution is 2.31. The molecule has 4 heteroatoms. The molecule has 1 heterocycles. The van der Waals surface area contributed by atoms with E-state index in [-0.39, 0.29) is 0 Å². The summed E-state index contributed by atoms with van der Waals surface area (Å²) in [6.45, 7) is 0.674. The van der Waals surface area contributed by atoms with Crippen LogP contribution in [0.5, 0.6) is 0 Å². The van der Waals surface area contributed by atoms with E-state index in [1.54, 1.807) is 12.1 Å². The van der Waals surface area contributed by atoms with Gasteiger partial charge in [0.1, 0.15) is 0 Å². The van der Waals surface area contributed by atoms with Crippen molar-refractivity contribution in [1.29, 1.82) is 0 Å². The van der Waals surface area contributed by atoms with Crippen LogP contribution in [-0.2, 0) is 4.43 Å². The first kappa shape index (κ1) is 11.7. The zero-order valence-corrected chi connectivity index (χ0v) is 10.3. The van der Waals surface area contributed by atoms with Gasteiger partial charge >= 0.3 is 0 Å². The minimum Gasteiger partial charge on any atom is -0.419 e. The van der Waals surface area contributed by atoms with Crippen molar-refractivity contribution in [3.63, 3.8) is 0 Å². The number of rotatable bonds is 3. The van der Waals surface area contributed by atoms with Crippen molar-refractivity contribution in [2.24, 2.45) is 0 Å². The first-order chi connectivity index (χ1) is 7.79. The molecule has 88 valence electrons. The van der Waals surface area contributed by atoms with Crippen LogP contribution in [-0.4, -0.2) is 22.1 Å². The van der Waals surface area contributed by atoms with Gasteiger partial charge in [0, 0.05) is 6.61 Å². The van der Waals surface area contributed by atoms with Gasteiger partial charge in [-0.1, -0.05) is 36.8 Å². The minimum atomic E-state index is -2.29. The molecule has 0 N–H and O–H groups in total. The Labute approximate surface area is 96.2 Å². The Morgan fingerprint density at radius 2 is 1.88 bits per heavy atom. The zero-order valence-electron chi connectivity index (χ0n) is 9.11. The summed E-state index contributed by atoms with van der Waals surface area (Å²) in [7, 11) is -1.78. The topological polar surface area (TPSA) is 9.23 Å². The summed E-state index contributed by atoms with van der Waals surface area (Å²) in [5.74, 6) is 0. The highest BCUT2D eigenvalue weighted by Gasteiger charge is 2.34. The first-order valence-corrected chi connectivity index (χ1v) is 7.69. The maximum atomic E-state index is 13.1. The van der Waals surface area contributed by atoms with Crippen molar-refractivity contribution in [3.05, 3.63) is 35.9 Å². The van der Waals surface area contributed by atoms with Crippen LogP contribution in [0.25, 0.3) is 0 Å². The van der Waals surface area contributed by atoms with Gasteiger partial charge in [0.2, 0.25) is 6.43 Å². The maximum Gasteiger partial charge on any atom is 0.245 e. The monoisotopic (exact) mass is 242 g/mol. The van der Waals surface area contributed by atoms with Crippen LogP contribution in [0.3, 0.4) is 0 Å². The number of hydrogen-bond acceptors (Lipinski definition) is 1.